The van der Waals surface area contributed by atoms with E-state index in [9.17, 15) is 4.79 Å². The van der Waals surface area contributed by atoms with Crippen molar-refractivity contribution < 1.29 is 14.3 Å². The zero-order valence-corrected chi connectivity index (χ0v) is 24.5. The molecule has 3 aliphatic rings. The highest BCUT2D eigenvalue weighted by Gasteiger charge is 2.30. The van der Waals surface area contributed by atoms with Gasteiger partial charge in [-0.2, -0.15) is 0 Å². The molecule has 1 aromatic heterocycles. The molecule has 0 spiro atoms. The third-order valence-corrected chi connectivity index (χ3v) is 8.98. The minimum atomic E-state index is -0.173. The highest BCUT2D eigenvalue weighted by atomic mass is 16.5. The predicted octanol–water partition coefficient (Wildman–Crippen LogP) is 5.27. The number of carbonyl (C=O) groups excluding carboxylic acids is 1. The lowest BCUT2D eigenvalue weighted by molar-refractivity contribution is -0.142. The molecule has 2 saturated heterocycles. The Kier molecular flexibility index (Phi) is 8.56. The van der Waals surface area contributed by atoms with E-state index in [0.29, 0.717) is 30.9 Å². The summed E-state index contributed by atoms with van der Waals surface area (Å²) < 4.78 is 10.7. The van der Waals surface area contributed by atoms with E-state index in [2.05, 4.69) is 51.5 Å². The number of para-hydroxylation sites is 1. The van der Waals surface area contributed by atoms with Crippen LogP contribution in [0, 0.1) is 5.92 Å². The van der Waals surface area contributed by atoms with Gasteiger partial charge < -0.3 is 24.6 Å². The third kappa shape index (κ3) is 6.43. The van der Waals surface area contributed by atoms with Crippen molar-refractivity contribution in [1.82, 2.24) is 15.3 Å². The summed E-state index contributed by atoms with van der Waals surface area (Å²) >= 11 is 0. The fourth-order valence-electron chi connectivity index (χ4n) is 6.47. The van der Waals surface area contributed by atoms with Gasteiger partial charge in [0, 0.05) is 43.2 Å². The smallest absolute Gasteiger partial charge is 0.319 e. The fraction of sp³-hybridized carbons (Fsp3) is 0.545. The molecule has 0 bridgehead atoms. The number of ether oxygens (including phenoxy) is 2. The maximum Gasteiger partial charge on any atom is 0.319 e. The van der Waals surface area contributed by atoms with Gasteiger partial charge in [-0.25, -0.2) is 9.97 Å². The van der Waals surface area contributed by atoms with E-state index in [1.165, 1.54) is 29.5 Å². The van der Waals surface area contributed by atoms with Crippen molar-refractivity contribution >= 4 is 28.4 Å². The van der Waals surface area contributed by atoms with E-state index in [1.807, 2.05) is 13.0 Å². The molecule has 218 valence electrons. The summed E-state index contributed by atoms with van der Waals surface area (Å²) in [5, 5.41) is 4.45. The van der Waals surface area contributed by atoms with Gasteiger partial charge in [0.25, 0.3) is 0 Å². The number of rotatable bonds is 10. The first-order valence-electron chi connectivity index (χ1n) is 15.4. The first kappa shape index (κ1) is 27.8. The van der Waals surface area contributed by atoms with E-state index in [-0.39, 0.29) is 5.97 Å². The lowest BCUT2D eigenvalue weighted by Crippen LogP contribution is -2.38. The van der Waals surface area contributed by atoms with Crippen LogP contribution in [0.3, 0.4) is 0 Å². The van der Waals surface area contributed by atoms with Gasteiger partial charge in [0.15, 0.2) is 0 Å². The van der Waals surface area contributed by atoms with Gasteiger partial charge >= 0.3 is 5.97 Å². The molecule has 0 atom stereocenters. The Bertz CT molecular complexity index is 1340. The Morgan fingerprint density at radius 3 is 2.41 bits per heavy atom. The molecule has 2 aliphatic heterocycles. The maximum absolute atomic E-state index is 11.6. The number of methoxy groups -OCH3 is 1. The van der Waals surface area contributed by atoms with Crippen molar-refractivity contribution in [2.75, 3.05) is 62.8 Å². The van der Waals surface area contributed by atoms with E-state index in [4.69, 9.17) is 19.4 Å². The number of aromatic nitrogens is 2. The van der Waals surface area contributed by atoms with Gasteiger partial charge in [0.2, 0.25) is 0 Å². The van der Waals surface area contributed by atoms with Gasteiger partial charge in [0.1, 0.15) is 17.4 Å². The topological polar surface area (TPSA) is 79.8 Å². The molecule has 3 heterocycles. The number of benzene rings is 2. The maximum atomic E-state index is 11.6. The number of carbonyl (C=O) groups is 1. The molecule has 8 nitrogen and oxygen atoms in total. The summed E-state index contributed by atoms with van der Waals surface area (Å²) in [5.74, 6) is 4.54. The van der Waals surface area contributed by atoms with Crippen molar-refractivity contribution in [1.29, 1.82) is 0 Å². The largest absolute Gasteiger partial charge is 0.496 e. The standard InChI is InChI=1S/C33H43N5O3/c1-3-41-31(39)22-34-21-23-12-16-37(17-13-23)26-10-11-29-28(20-26)33(36-32(35-29)25-8-9-25)38-18-14-24(15-19-38)27-6-4-5-7-30(27)40-2/h4-7,10-11,20,23-25,34H,3,8-9,12-19,21-22H2,1-2H3. The van der Waals surface area contributed by atoms with Crippen LogP contribution in [0.15, 0.2) is 42.5 Å². The first-order valence-corrected chi connectivity index (χ1v) is 15.4. The average molecular weight is 558 g/mol. The van der Waals surface area contributed by atoms with Crippen LogP contribution in [0.2, 0.25) is 0 Å². The molecule has 0 radical (unpaired) electrons. The number of anilines is 2. The molecular formula is C33H43N5O3. The van der Waals surface area contributed by atoms with Crippen molar-refractivity contribution in [3.63, 3.8) is 0 Å². The minimum absolute atomic E-state index is 0.173. The lowest BCUT2D eigenvalue weighted by Gasteiger charge is -2.35. The number of esters is 1. The SMILES string of the molecule is CCOC(=O)CNCC1CCN(c2ccc3nc(C4CC4)nc(N4CCC(c5ccccc5OC)CC4)c3c2)CC1. The van der Waals surface area contributed by atoms with E-state index >= 15 is 0 Å². The molecular weight excluding hydrogens is 514 g/mol. The van der Waals surface area contributed by atoms with Crippen LogP contribution in [0.1, 0.15) is 68.7 Å². The van der Waals surface area contributed by atoms with Crippen molar-refractivity contribution in [2.24, 2.45) is 5.92 Å². The number of piperidine rings is 2. The quantitative estimate of drug-likeness (QED) is 0.338. The zero-order chi connectivity index (χ0) is 28.2. The highest BCUT2D eigenvalue weighted by molar-refractivity contribution is 5.92. The molecule has 0 unspecified atom stereocenters. The molecule has 2 aromatic carbocycles. The van der Waals surface area contributed by atoms with Crippen LogP contribution in [-0.2, 0) is 9.53 Å². The summed E-state index contributed by atoms with van der Waals surface area (Å²) in [6.45, 7) is 7.40. The van der Waals surface area contributed by atoms with Crippen molar-refractivity contribution in [2.45, 2.75) is 57.3 Å². The second-order valence-corrected chi connectivity index (χ2v) is 11.8. The Morgan fingerprint density at radius 1 is 0.927 bits per heavy atom. The van der Waals surface area contributed by atoms with E-state index in [0.717, 1.165) is 81.3 Å². The van der Waals surface area contributed by atoms with E-state index < -0.39 is 0 Å². The van der Waals surface area contributed by atoms with Crippen molar-refractivity contribution in [3.8, 4) is 5.75 Å². The number of hydrogen-bond donors (Lipinski definition) is 1. The van der Waals surface area contributed by atoms with Crippen LogP contribution in [0.25, 0.3) is 10.9 Å². The molecule has 41 heavy (non-hydrogen) atoms. The molecule has 0 amide bonds. The van der Waals surface area contributed by atoms with Crippen molar-refractivity contribution in [3.05, 3.63) is 53.9 Å². The van der Waals surface area contributed by atoms with Crippen LogP contribution in [-0.4, -0.2) is 68.9 Å². The molecule has 3 aromatic rings. The second-order valence-electron chi connectivity index (χ2n) is 11.8. The minimum Gasteiger partial charge on any atom is -0.496 e. The summed E-state index contributed by atoms with van der Waals surface area (Å²) in [6.07, 6.45) is 6.78. The second kappa shape index (κ2) is 12.6. The zero-order valence-electron chi connectivity index (χ0n) is 24.5. The fourth-order valence-corrected chi connectivity index (χ4v) is 6.47. The summed E-state index contributed by atoms with van der Waals surface area (Å²) in [5.41, 5.74) is 3.64. The summed E-state index contributed by atoms with van der Waals surface area (Å²) in [6, 6.07) is 15.2. The van der Waals surface area contributed by atoms with Crippen LogP contribution in [0.5, 0.6) is 5.75 Å². The number of nitrogens with zero attached hydrogens (tertiary/aromatic N) is 4. The Balaban J connectivity index is 1.15. The summed E-state index contributed by atoms with van der Waals surface area (Å²) in [4.78, 5) is 26.8. The van der Waals surface area contributed by atoms with Gasteiger partial charge in [-0.1, -0.05) is 18.2 Å². The molecule has 8 heteroatoms. The van der Waals surface area contributed by atoms with E-state index in [1.54, 1.807) is 7.11 Å². The van der Waals surface area contributed by atoms with Gasteiger partial charge in [0.05, 0.1) is 25.8 Å². The van der Waals surface area contributed by atoms with Crippen LogP contribution < -0.4 is 19.9 Å². The summed E-state index contributed by atoms with van der Waals surface area (Å²) in [7, 11) is 1.77. The highest BCUT2D eigenvalue weighted by Crippen LogP contribution is 2.42. The molecule has 3 fully saturated rings. The Hall–Kier alpha value is -3.39. The van der Waals surface area contributed by atoms with Crippen LogP contribution in [0.4, 0.5) is 11.5 Å². The van der Waals surface area contributed by atoms with Gasteiger partial charge in [-0.15, -0.1) is 0 Å². The average Bonchev–Trinajstić information content (AvgIpc) is 3.87. The molecule has 6 rings (SSSR count). The third-order valence-electron chi connectivity index (χ3n) is 8.98. The molecule has 1 saturated carbocycles. The first-order chi connectivity index (χ1) is 20.1. The Labute approximate surface area is 243 Å². The molecule has 1 aliphatic carbocycles. The predicted molar refractivity (Wildman–Crippen MR) is 163 cm³/mol. The van der Waals surface area contributed by atoms with Gasteiger partial charge in [-0.3, -0.25) is 4.79 Å². The number of fused-ring (bicyclic) bond motifs is 1. The number of hydrogen-bond acceptors (Lipinski definition) is 8. The van der Waals surface area contributed by atoms with Crippen LogP contribution >= 0.6 is 0 Å². The van der Waals surface area contributed by atoms with Gasteiger partial charge in [-0.05, 0) is 93.7 Å². The molecule has 1 N–H and O–H groups in total. The monoisotopic (exact) mass is 557 g/mol. The number of nitrogens with one attached hydrogen (secondary N) is 1. The normalized spacial score (nSPS) is 18.6. The Morgan fingerprint density at radius 2 is 1.68 bits per heavy atom. The lowest BCUT2D eigenvalue weighted by atomic mass is 9.88.